The number of nitrogens with zero attached hydrogens (tertiary/aromatic N) is 3. The number of rotatable bonds is 8. The van der Waals surface area contributed by atoms with Gasteiger partial charge < -0.3 is 10.2 Å². The van der Waals surface area contributed by atoms with E-state index in [0.29, 0.717) is 31.4 Å². The molecule has 0 aromatic heterocycles. The van der Waals surface area contributed by atoms with Crippen LogP contribution in [0.4, 0.5) is 11.4 Å². The van der Waals surface area contributed by atoms with Gasteiger partial charge in [0, 0.05) is 37.7 Å². The highest BCUT2D eigenvalue weighted by molar-refractivity contribution is 5.79. The molecule has 1 unspecified atom stereocenters. The van der Waals surface area contributed by atoms with E-state index in [0.717, 1.165) is 25.9 Å². The summed E-state index contributed by atoms with van der Waals surface area (Å²) in [7, 11) is 0. The summed E-state index contributed by atoms with van der Waals surface area (Å²) in [4.78, 5) is 27.7. The third-order valence-electron chi connectivity index (χ3n) is 5.29. The number of hydrogen-bond donors (Lipinski definition) is 1. The van der Waals surface area contributed by atoms with Crippen molar-refractivity contribution in [3.05, 3.63) is 34.4 Å². The zero-order chi connectivity index (χ0) is 19.1. The van der Waals surface area contributed by atoms with Crippen molar-refractivity contribution in [2.24, 2.45) is 5.92 Å². The molecule has 7 heteroatoms. The van der Waals surface area contributed by atoms with E-state index < -0.39 is 0 Å². The Hall–Kier alpha value is -2.15. The zero-order valence-corrected chi connectivity index (χ0v) is 16.0. The monoisotopic (exact) mass is 362 g/mol. The largest absolute Gasteiger partial charge is 0.366 e. The predicted molar refractivity (Wildman–Crippen MR) is 103 cm³/mol. The summed E-state index contributed by atoms with van der Waals surface area (Å²) in [5.41, 5.74) is 0.773. The van der Waals surface area contributed by atoms with E-state index >= 15 is 0 Å². The van der Waals surface area contributed by atoms with Crippen LogP contribution in [0.2, 0.25) is 0 Å². The van der Waals surface area contributed by atoms with E-state index in [9.17, 15) is 14.9 Å². The number of para-hydroxylation sites is 2. The first-order chi connectivity index (χ1) is 12.5. The molecule has 1 heterocycles. The molecule has 0 saturated carbocycles. The zero-order valence-electron chi connectivity index (χ0n) is 16.0. The summed E-state index contributed by atoms with van der Waals surface area (Å²) in [5.74, 6) is 0.0872. The van der Waals surface area contributed by atoms with E-state index in [1.165, 1.54) is 6.07 Å². The van der Waals surface area contributed by atoms with Gasteiger partial charge in [0.05, 0.1) is 4.92 Å². The van der Waals surface area contributed by atoms with Gasteiger partial charge >= 0.3 is 0 Å². The number of amides is 1. The van der Waals surface area contributed by atoms with Crippen LogP contribution in [0.3, 0.4) is 0 Å². The minimum atomic E-state index is -0.345. The number of nitrogens with one attached hydrogen (secondary N) is 1. The number of carbonyl (C=O) groups is 1. The SMILES string of the molecule is CCN(CC)C(C)CNC(=O)C1CCN(c2ccccc2[N+](=O)[O-])CC1. The lowest BCUT2D eigenvalue weighted by Gasteiger charge is -2.33. The molecule has 1 aliphatic rings. The standard InChI is InChI=1S/C19H30N4O3/c1-4-21(5-2)15(3)14-20-19(24)16-10-12-22(13-11-16)17-8-6-7-9-18(17)23(25)26/h6-9,15-16H,4-5,10-14H2,1-3H3,(H,20,24). The molecule has 2 rings (SSSR count). The molecule has 144 valence electrons. The van der Waals surface area contributed by atoms with Crippen molar-refractivity contribution in [2.75, 3.05) is 37.6 Å². The minimum Gasteiger partial charge on any atom is -0.366 e. The highest BCUT2D eigenvalue weighted by Crippen LogP contribution is 2.31. The van der Waals surface area contributed by atoms with Crippen molar-refractivity contribution in [2.45, 2.75) is 39.7 Å². The molecule has 1 atom stereocenters. The van der Waals surface area contributed by atoms with Gasteiger partial charge in [-0.3, -0.25) is 19.8 Å². The van der Waals surface area contributed by atoms with Gasteiger partial charge in [0.1, 0.15) is 5.69 Å². The molecule has 1 fully saturated rings. The van der Waals surface area contributed by atoms with Crippen LogP contribution < -0.4 is 10.2 Å². The Balaban J connectivity index is 1.86. The van der Waals surface area contributed by atoms with Gasteiger partial charge in [-0.1, -0.05) is 26.0 Å². The summed E-state index contributed by atoms with van der Waals surface area (Å²) in [6.07, 6.45) is 1.44. The molecule has 0 bridgehead atoms. The van der Waals surface area contributed by atoms with Crippen LogP contribution in [-0.2, 0) is 4.79 Å². The molecule has 0 aliphatic carbocycles. The average molecular weight is 362 g/mol. The van der Waals surface area contributed by atoms with Crippen molar-refractivity contribution >= 4 is 17.3 Å². The molecule has 1 aromatic rings. The number of nitro groups is 1. The molecule has 0 spiro atoms. The van der Waals surface area contributed by atoms with E-state index in [1.54, 1.807) is 12.1 Å². The Morgan fingerprint density at radius 1 is 1.31 bits per heavy atom. The van der Waals surface area contributed by atoms with Crippen molar-refractivity contribution < 1.29 is 9.72 Å². The first-order valence-corrected chi connectivity index (χ1v) is 9.48. The van der Waals surface area contributed by atoms with E-state index in [4.69, 9.17) is 0 Å². The summed E-state index contributed by atoms with van der Waals surface area (Å²) >= 11 is 0. The second-order valence-corrected chi connectivity index (χ2v) is 6.82. The van der Waals surface area contributed by atoms with Gasteiger partial charge in [-0.25, -0.2) is 0 Å². The number of piperidine rings is 1. The van der Waals surface area contributed by atoms with E-state index in [-0.39, 0.29) is 22.4 Å². The molecule has 1 N–H and O–H groups in total. The third-order valence-corrected chi connectivity index (χ3v) is 5.29. The Bertz CT molecular complexity index is 611. The van der Waals surface area contributed by atoms with Crippen LogP contribution in [0.15, 0.2) is 24.3 Å². The topological polar surface area (TPSA) is 78.7 Å². The number of likely N-dealkylation sites (N-methyl/N-ethyl adjacent to an activating group) is 1. The van der Waals surface area contributed by atoms with Crippen molar-refractivity contribution in [3.63, 3.8) is 0 Å². The minimum absolute atomic E-state index is 0.0158. The lowest BCUT2D eigenvalue weighted by molar-refractivity contribution is -0.384. The highest BCUT2D eigenvalue weighted by Gasteiger charge is 2.28. The van der Waals surface area contributed by atoms with Gasteiger partial charge in [-0.05, 0) is 38.9 Å². The third kappa shape index (κ3) is 4.94. The molecule has 7 nitrogen and oxygen atoms in total. The number of anilines is 1. The van der Waals surface area contributed by atoms with Crippen molar-refractivity contribution in [1.82, 2.24) is 10.2 Å². The summed E-state index contributed by atoms with van der Waals surface area (Å²) in [5, 5.41) is 14.3. The van der Waals surface area contributed by atoms with Gasteiger partial charge in [0.2, 0.25) is 5.91 Å². The maximum absolute atomic E-state index is 12.5. The van der Waals surface area contributed by atoms with Crippen LogP contribution >= 0.6 is 0 Å². The van der Waals surface area contributed by atoms with Crippen LogP contribution in [0.5, 0.6) is 0 Å². The fourth-order valence-corrected chi connectivity index (χ4v) is 3.64. The first-order valence-electron chi connectivity index (χ1n) is 9.48. The van der Waals surface area contributed by atoms with Gasteiger partial charge in [0.25, 0.3) is 5.69 Å². The molecule has 1 saturated heterocycles. The van der Waals surface area contributed by atoms with Crippen molar-refractivity contribution in [3.8, 4) is 0 Å². The number of benzene rings is 1. The fourth-order valence-electron chi connectivity index (χ4n) is 3.64. The molecule has 1 amide bonds. The number of carbonyl (C=O) groups excluding carboxylic acids is 1. The van der Waals surface area contributed by atoms with Crippen LogP contribution in [0.25, 0.3) is 0 Å². The second kappa shape index (κ2) is 9.52. The molecular weight excluding hydrogens is 332 g/mol. The fraction of sp³-hybridized carbons (Fsp3) is 0.632. The smallest absolute Gasteiger partial charge is 0.292 e. The lowest BCUT2D eigenvalue weighted by Crippen LogP contribution is -2.45. The van der Waals surface area contributed by atoms with E-state index in [2.05, 4.69) is 31.0 Å². The Morgan fingerprint density at radius 2 is 1.92 bits per heavy atom. The molecule has 1 aliphatic heterocycles. The maximum Gasteiger partial charge on any atom is 0.292 e. The molecular formula is C19H30N4O3. The Morgan fingerprint density at radius 3 is 2.50 bits per heavy atom. The summed E-state index contributed by atoms with van der Waals surface area (Å²) in [6.45, 7) is 10.3. The second-order valence-electron chi connectivity index (χ2n) is 6.82. The summed E-state index contributed by atoms with van der Waals surface area (Å²) in [6, 6.07) is 7.13. The predicted octanol–water partition coefficient (Wildman–Crippen LogP) is 2.66. The average Bonchev–Trinajstić information content (AvgIpc) is 2.67. The maximum atomic E-state index is 12.5. The van der Waals surface area contributed by atoms with Gasteiger partial charge in [0.15, 0.2) is 0 Å². The number of nitro benzene ring substituents is 1. The Labute approximate surface area is 155 Å². The quantitative estimate of drug-likeness (QED) is 0.568. The van der Waals surface area contributed by atoms with Gasteiger partial charge in [-0.15, -0.1) is 0 Å². The van der Waals surface area contributed by atoms with Crippen LogP contribution in [0.1, 0.15) is 33.6 Å². The highest BCUT2D eigenvalue weighted by atomic mass is 16.6. The van der Waals surface area contributed by atoms with Crippen molar-refractivity contribution in [1.29, 1.82) is 0 Å². The van der Waals surface area contributed by atoms with E-state index in [1.807, 2.05) is 11.0 Å². The van der Waals surface area contributed by atoms with Crippen LogP contribution in [-0.4, -0.2) is 54.5 Å². The first kappa shape index (κ1) is 20.2. The lowest BCUT2D eigenvalue weighted by atomic mass is 9.95. The normalized spacial score (nSPS) is 16.5. The van der Waals surface area contributed by atoms with Gasteiger partial charge in [-0.2, -0.15) is 0 Å². The number of hydrogen-bond acceptors (Lipinski definition) is 5. The molecule has 26 heavy (non-hydrogen) atoms. The summed E-state index contributed by atoms with van der Waals surface area (Å²) < 4.78 is 0. The molecule has 1 aromatic carbocycles. The molecule has 0 radical (unpaired) electrons. The Kier molecular flexibility index (Phi) is 7.38. The van der Waals surface area contributed by atoms with Crippen LogP contribution in [0, 0.1) is 16.0 Å².